The van der Waals surface area contributed by atoms with Crippen LogP contribution in [0.25, 0.3) is 10.8 Å². The highest BCUT2D eigenvalue weighted by Gasteiger charge is 2.41. The molecule has 6 nitrogen and oxygen atoms in total. The standard InChI is InChI=1S/C34H33N5OS/c1-23-21-28(24(2)39(23)22-25-11-4-3-5-12-25)33-32(30-16-8-9-19-35-30)37-34(41)38(33)20-18-31(40)36-29-17-10-14-26-13-6-7-15-27(26)29/h3-17,19,21,32-33H,18,20,22H2,1-2H3,(H,36,40)(H,37,41)/t32-,33+/m1/s1. The van der Waals surface area contributed by atoms with Crippen molar-refractivity contribution >= 4 is 39.7 Å². The summed E-state index contributed by atoms with van der Waals surface area (Å²) in [4.78, 5) is 20.1. The van der Waals surface area contributed by atoms with Crippen LogP contribution in [0.15, 0.2) is 103 Å². The lowest BCUT2D eigenvalue weighted by atomic mass is 9.96. The van der Waals surface area contributed by atoms with Gasteiger partial charge >= 0.3 is 0 Å². The van der Waals surface area contributed by atoms with Gasteiger partial charge in [-0.1, -0.05) is 72.8 Å². The number of nitrogens with one attached hydrogen (secondary N) is 2. The van der Waals surface area contributed by atoms with Crippen LogP contribution < -0.4 is 10.6 Å². The fourth-order valence-electron chi connectivity index (χ4n) is 5.89. The molecule has 1 saturated heterocycles. The Balaban J connectivity index is 1.28. The molecular formula is C34H33N5OS. The SMILES string of the molecule is Cc1cc([C@H]2[C@@H](c3ccccn3)NC(=S)N2CCC(=O)Nc2cccc3ccccc23)c(C)n1Cc1ccccc1. The van der Waals surface area contributed by atoms with Crippen LogP contribution in [0, 0.1) is 13.8 Å². The molecule has 206 valence electrons. The van der Waals surface area contributed by atoms with Gasteiger partial charge in [0.25, 0.3) is 0 Å². The summed E-state index contributed by atoms with van der Waals surface area (Å²) in [5.74, 6) is -0.0428. The predicted octanol–water partition coefficient (Wildman–Crippen LogP) is 6.70. The molecule has 2 N–H and O–H groups in total. The van der Waals surface area contributed by atoms with Crippen LogP contribution in [0.3, 0.4) is 0 Å². The number of pyridine rings is 1. The first kappa shape index (κ1) is 26.7. The Bertz CT molecular complexity index is 1690. The van der Waals surface area contributed by atoms with Crippen molar-refractivity contribution in [3.05, 3.63) is 131 Å². The van der Waals surface area contributed by atoms with Crippen LogP contribution in [0.1, 0.15) is 46.7 Å². The molecule has 5 aromatic rings. The molecule has 6 rings (SSSR count). The molecule has 2 aromatic heterocycles. The Hall–Kier alpha value is -4.49. The Labute approximate surface area is 246 Å². The van der Waals surface area contributed by atoms with Crippen molar-refractivity contribution in [2.24, 2.45) is 0 Å². The number of fused-ring (bicyclic) bond motifs is 1. The molecule has 1 fully saturated rings. The third-order valence-corrected chi connectivity index (χ3v) is 8.31. The summed E-state index contributed by atoms with van der Waals surface area (Å²) in [5.41, 5.74) is 6.57. The number of carbonyl (C=O) groups excluding carboxylic acids is 1. The van der Waals surface area contributed by atoms with Gasteiger partial charge in [-0.05, 0) is 66.8 Å². The van der Waals surface area contributed by atoms with Gasteiger partial charge in [-0.2, -0.15) is 0 Å². The quantitative estimate of drug-likeness (QED) is 0.207. The van der Waals surface area contributed by atoms with Crippen LogP contribution in [0.4, 0.5) is 5.69 Å². The Morgan fingerprint density at radius 1 is 0.951 bits per heavy atom. The van der Waals surface area contributed by atoms with E-state index in [1.165, 1.54) is 22.5 Å². The van der Waals surface area contributed by atoms with Crippen molar-refractivity contribution in [3.8, 4) is 0 Å². The number of carbonyl (C=O) groups is 1. The molecule has 3 aromatic carbocycles. The molecule has 0 spiro atoms. The minimum atomic E-state index is -0.129. The number of hydrogen-bond donors (Lipinski definition) is 2. The van der Waals surface area contributed by atoms with Crippen molar-refractivity contribution in [2.75, 3.05) is 11.9 Å². The maximum Gasteiger partial charge on any atom is 0.226 e. The molecule has 0 aliphatic carbocycles. The van der Waals surface area contributed by atoms with Crippen LogP contribution in [-0.4, -0.2) is 32.0 Å². The molecule has 0 unspecified atom stereocenters. The maximum absolute atomic E-state index is 13.2. The number of aryl methyl sites for hydroxylation is 1. The number of nitrogens with zero attached hydrogens (tertiary/aromatic N) is 3. The van der Waals surface area contributed by atoms with Gasteiger partial charge in [-0.25, -0.2) is 0 Å². The molecule has 3 heterocycles. The predicted molar refractivity (Wildman–Crippen MR) is 169 cm³/mol. The fourth-order valence-corrected chi connectivity index (χ4v) is 6.22. The lowest BCUT2D eigenvalue weighted by Gasteiger charge is -2.28. The van der Waals surface area contributed by atoms with Gasteiger partial charge in [0, 0.05) is 48.2 Å². The molecule has 1 aliphatic rings. The largest absolute Gasteiger partial charge is 0.352 e. The average molecular weight is 560 g/mol. The van der Waals surface area contributed by atoms with E-state index in [2.05, 4.69) is 81.4 Å². The van der Waals surface area contributed by atoms with Gasteiger partial charge in [-0.3, -0.25) is 9.78 Å². The second kappa shape index (κ2) is 11.6. The smallest absolute Gasteiger partial charge is 0.226 e. The second-order valence-electron chi connectivity index (χ2n) is 10.5. The fraction of sp³-hybridized carbons (Fsp3) is 0.206. The number of thiocarbonyl (C=S) groups is 1. The molecule has 2 atom stereocenters. The monoisotopic (exact) mass is 559 g/mol. The number of aromatic nitrogens is 2. The summed E-state index contributed by atoms with van der Waals surface area (Å²) in [6.45, 7) is 5.61. The summed E-state index contributed by atoms with van der Waals surface area (Å²) in [6, 6.07) is 32.5. The van der Waals surface area contributed by atoms with Crippen molar-refractivity contribution in [1.29, 1.82) is 0 Å². The van der Waals surface area contributed by atoms with Crippen LogP contribution in [0.2, 0.25) is 0 Å². The summed E-state index contributed by atoms with van der Waals surface area (Å²) in [6.07, 6.45) is 2.12. The van der Waals surface area contributed by atoms with E-state index in [4.69, 9.17) is 12.2 Å². The lowest BCUT2D eigenvalue weighted by Crippen LogP contribution is -2.33. The minimum Gasteiger partial charge on any atom is -0.352 e. The van der Waals surface area contributed by atoms with E-state index < -0.39 is 0 Å². The minimum absolute atomic E-state index is 0.0428. The van der Waals surface area contributed by atoms with Gasteiger partial charge in [0.2, 0.25) is 5.91 Å². The van der Waals surface area contributed by atoms with Crippen molar-refractivity contribution in [1.82, 2.24) is 19.8 Å². The molecule has 41 heavy (non-hydrogen) atoms. The molecule has 1 amide bonds. The highest BCUT2D eigenvalue weighted by atomic mass is 32.1. The van der Waals surface area contributed by atoms with E-state index in [1.807, 2.05) is 60.8 Å². The van der Waals surface area contributed by atoms with Crippen LogP contribution in [0.5, 0.6) is 0 Å². The van der Waals surface area contributed by atoms with E-state index in [0.717, 1.165) is 28.7 Å². The topological polar surface area (TPSA) is 62.2 Å². The van der Waals surface area contributed by atoms with Crippen molar-refractivity contribution in [2.45, 2.75) is 38.9 Å². The summed E-state index contributed by atoms with van der Waals surface area (Å²) < 4.78 is 2.35. The molecule has 1 aliphatic heterocycles. The highest BCUT2D eigenvalue weighted by molar-refractivity contribution is 7.80. The third kappa shape index (κ3) is 5.45. The summed E-state index contributed by atoms with van der Waals surface area (Å²) in [7, 11) is 0. The first-order valence-corrected chi connectivity index (χ1v) is 14.4. The molecule has 0 bridgehead atoms. The average Bonchev–Trinajstić information content (AvgIpc) is 3.47. The van der Waals surface area contributed by atoms with Gasteiger partial charge in [0.1, 0.15) is 0 Å². The zero-order valence-corrected chi connectivity index (χ0v) is 24.1. The van der Waals surface area contributed by atoms with Crippen LogP contribution in [-0.2, 0) is 11.3 Å². The zero-order chi connectivity index (χ0) is 28.3. The zero-order valence-electron chi connectivity index (χ0n) is 23.2. The van der Waals surface area contributed by atoms with Gasteiger partial charge < -0.3 is 20.1 Å². The maximum atomic E-state index is 13.2. The first-order valence-electron chi connectivity index (χ1n) is 14.0. The van der Waals surface area contributed by atoms with Gasteiger partial charge in [0.05, 0.1) is 17.8 Å². The number of benzene rings is 3. The molecular weight excluding hydrogens is 526 g/mol. The highest BCUT2D eigenvalue weighted by Crippen LogP contribution is 2.41. The summed E-state index contributed by atoms with van der Waals surface area (Å²) in [5, 5.41) is 9.41. The molecule has 0 saturated carbocycles. The summed E-state index contributed by atoms with van der Waals surface area (Å²) >= 11 is 5.88. The number of amides is 1. The molecule has 0 radical (unpaired) electrons. The number of hydrogen-bond acceptors (Lipinski definition) is 3. The third-order valence-electron chi connectivity index (χ3n) is 7.96. The van der Waals surface area contributed by atoms with Crippen LogP contribution >= 0.6 is 12.2 Å². The van der Waals surface area contributed by atoms with Crippen molar-refractivity contribution < 1.29 is 4.79 Å². The second-order valence-corrected chi connectivity index (χ2v) is 10.9. The van der Waals surface area contributed by atoms with E-state index in [0.29, 0.717) is 18.1 Å². The Kier molecular flexibility index (Phi) is 7.53. The van der Waals surface area contributed by atoms with E-state index in [1.54, 1.807) is 0 Å². The number of anilines is 1. The van der Waals surface area contributed by atoms with E-state index in [-0.39, 0.29) is 18.0 Å². The van der Waals surface area contributed by atoms with E-state index in [9.17, 15) is 4.79 Å². The lowest BCUT2D eigenvalue weighted by molar-refractivity contribution is -0.116. The Morgan fingerprint density at radius 3 is 2.51 bits per heavy atom. The van der Waals surface area contributed by atoms with Gasteiger partial charge in [-0.15, -0.1) is 0 Å². The van der Waals surface area contributed by atoms with E-state index >= 15 is 0 Å². The Morgan fingerprint density at radius 2 is 1.71 bits per heavy atom. The first-order chi connectivity index (χ1) is 20.0. The normalized spacial score (nSPS) is 16.6. The van der Waals surface area contributed by atoms with Gasteiger partial charge in [0.15, 0.2) is 5.11 Å². The van der Waals surface area contributed by atoms with Crippen molar-refractivity contribution in [3.63, 3.8) is 0 Å². The molecule has 7 heteroatoms. The number of rotatable bonds is 8.